The van der Waals surface area contributed by atoms with E-state index in [1.165, 1.54) is 36.4 Å². The van der Waals surface area contributed by atoms with Crippen LogP contribution in [0.4, 0.5) is 26.2 Å². The zero-order chi connectivity index (χ0) is 23.3. The van der Waals surface area contributed by atoms with Crippen LogP contribution in [0.15, 0.2) is 108 Å². The van der Waals surface area contributed by atoms with Gasteiger partial charge in [-0.1, -0.05) is 42.5 Å². The minimum atomic E-state index is -3.85. The fraction of sp³-hybridized carbons (Fsp3) is 0. The first-order valence-electron chi connectivity index (χ1n) is 10.0. The number of para-hydroxylation sites is 1. The summed E-state index contributed by atoms with van der Waals surface area (Å²) in [7, 11) is -3.85. The van der Waals surface area contributed by atoms with E-state index in [1.807, 2.05) is 12.1 Å². The third-order valence-corrected chi connectivity index (χ3v) is 6.14. The lowest BCUT2D eigenvalue weighted by molar-refractivity contribution is 0.262. The van der Waals surface area contributed by atoms with Gasteiger partial charge in [-0.3, -0.25) is 4.72 Å². The fourth-order valence-corrected chi connectivity index (χ4v) is 4.20. The molecule has 0 aliphatic rings. The lowest BCUT2D eigenvalue weighted by atomic mass is 10.1. The minimum absolute atomic E-state index is 0.0451. The highest BCUT2D eigenvalue weighted by Gasteiger charge is 2.15. The molecule has 0 aliphatic carbocycles. The molecule has 166 valence electrons. The van der Waals surface area contributed by atoms with Gasteiger partial charge >= 0.3 is 6.03 Å². The second-order valence-corrected chi connectivity index (χ2v) is 8.85. The van der Waals surface area contributed by atoms with E-state index in [1.54, 1.807) is 54.6 Å². The van der Waals surface area contributed by atoms with Gasteiger partial charge in [0.1, 0.15) is 5.82 Å². The van der Waals surface area contributed by atoms with Crippen LogP contribution in [0.5, 0.6) is 0 Å². The van der Waals surface area contributed by atoms with Crippen LogP contribution in [0.3, 0.4) is 0 Å². The molecule has 2 amide bonds. The summed E-state index contributed by atoms with van der Waals surface area (Å²) < 4.78 is 41.3. The Morgan fingerprint density at radius 2 is 1.24 bits per heavy atom. The first-order valence-corrected chi connectivity index (χ1v) is 11.5. The number of rotatable bonds is 6. The van der Waals surface area contributed by atoms with Crippen LogP contribution in [0.2, 0.25) is 0 Å². The van der Waals surface area contributed by atoms with Gasteiger partial charge in [0.25, 0.3) is 10.0 Å². The number of nitrogens with one attached hydrogen (secondary N) is 3. The molecule has 0 saturated heterocycles. The van der Waals surface area contributed by atoms with E-state index in [9.17, 15) is 17.6 Å². The van der Waals surface area contributed by atoms with Crippen molar-refractivity contribution in [2.75, 3.05) is 15.4 Å². The number of amides is 2. The molecule has 4 aromatic rings. The summed E-state index contributed by atoms with van der Waals surface area (Å²) in [5.41, 5.74) is 2.98. The number of carbonyl (C=O) groups is 1. The molecule has 4 aromatic carbocycles. The van der Waals surface area contributed by atoms with Gasteiger partial charge in [0, 0.05) is 17.1 Å². The van der Waals surface area contributed by atoms with Crippen LogP contribution < -0.4 is 15.4 Å². The normalized spacial score (nSPS) is 10.9. The number of sulfonamides is 1. The van der Waals surface area contributed by atoms with Crippen LogP contribution in [0, 0.1) is 5.82 Å². The molecular weight excluding hydrogens is 441 g/mol. The molecule has 0 aliphatic heterocycles. The first-order chi connectivity index (χ1) is 15.9. The van der Waals surface area contributed by atoms with Crippen molar-refractivity contribution in [2.45, 2.75) is 4.90 Å². The lowest BCUT2D eigenvalue weighted by Gasteiger charge is -2.11. The Bertz CT molecular complexity index is 1360. The number of urea groups is 1. The van der Waals surface area contributed by atoms with Crippen LogP contribution in [0.1, 0.15) is 0 Å². The Balaban J connectivity index is 1.44. The van der Waals surface area contributed by atoms with Crippen molar-refractivity contribution in [2.24, 2.45) is 0 Å². The summed E-state index contributed by atoms with van der Waals surface area (Å²) in [6, 6.07) is 27.1. The lowest BCUT2D eigenvalue weighted by Crippen LogP contribution is -2.19. The standard InChI is InChI=1S/C25H20FN3O3S/c26-20-11-9-18(10-12-20)19-5-4-8-23(17-19)29-33(31,32)24-15-13-22(14-16-24)28-25(30)27-21-6-2-1-3-7-21/h1-17,29H,(H2,27,28,30). The highest BCUT2D eigenvalue weighted by atomic mass is 32.2. The van der Waals surface area contributed by atoms with E-state index in [2.05, 4.69) is 15.4 Å². The van der Waals surface area contributed by atoms with Crippen molar-refractivity contribution < 1.29 is 17.6 Å². The Kier molecular flexibility index (Phi) is 6.37. The molecule has 0 spiro atoms. The number of hydrogen-bond donors (Lipinski definition) is 3. The quantitative estimate of drug-likeness (QED) is 0.332. The highest BCUT2D eigenvalue weighted by molar-refractivity contribution is 7.92. The second kappa shape index (κ2) is 9.54. The van der Waals surface area contributed by atoms with Crippen molar-refractivity contribution in [1.29, 1.82) is 0 Å². The maximum absolute atomic E-state index is 13.2. The summed E-state index contributed by atoms with van der Waals surface area (Å²) >= 11 is 0. The van der Waals surface area contributed by atoms with Gasteiger partial charge in [-0.05, 0) is 71.8 Å². The smallest absolute Gasteiger partial charge is 0.308 e. The maximum atomic E-state index is 13.2. The van der Waals surface area contributed by atoms with E-state index in [0.717, 1.165) is 11.1 Å². The molecule has 0 saturated carbocycles. The molecule has 8 heteroatoms. The van der Waals surface area contributed by atoms with Gasteiger partial charge in [-0.2, -0.15) is 0 Å². The molecule has 0 bridgehead atoms. The van der Waals surface area contributed by atoms with Crippen LogP contribution in [-0.4, -0.2) is 14.4 Å². The van der Waals surface area contributed by atoms with E-state index >= 15 is 0 Å². The Morgan fingerprint density at radius 1 is 0.636 bits per heavy atom. The molecule has 0 atom stereocenters. The Labute approximate surface area is 191 Å². The van der Waals surface area contributed by atoms with Gasteiger partial charge in [0.15, 0.2) is 0 Å². The van der Waals surface area contributed by atoms with Crippen LogP contribution in [-0.2, 0) is 10.0 Å². The number of benzene rings is 4. The van der Waals surface area contributed by atoms with Crippen LogP contribution in [0.25, 0.3) is 11.1 Å². The zero-order valence-electron chi connectivity index (χ0n) is 17.3. The van der Waals surface area contributed by atoms with Crippen LogP contribution >= 0.6 is 0 Å². The Morgan fingerprint density at radius 3 is 1.91 bits per heavy atom. The van der Waals surface area contributed by atoms with Gasteiger partial charge in [0.05, 0.1) is 4.90 Å². The molecule has 0 radical (unpaired) electrons. The van der Waals surface area contributed by atoms with E-state index in [-0.39, 0.29) is 10.7 Å². The first kappa shape index (κ1) is 22.0. The summed E-state index contributed by atoms with van der Waals surface area (Å²) in [5.74, 6) is -0.342. The number of carbonyl (C=O) groups excluding carboxylic acids is 1. The average molecular weight is 462 g/mol. The summed E-state index contributed by atoms with van der Waals surface area (Å²) in [6.45, 7) is 0. The third kappa shape index (κ3) is 5.75. The number of anilines is 3. The van der Waals surface area contributed by atoms with E-state index in [0.29, 0.717) is 17.1 Å². The third-order valence-electron chi connectivity index (χ3n) is 4.75. The molecule has 6 nitrogen and oxygen atoms in total. The minimum Gasteiger partial charge on any atom is -0.308 e. The molecule has 0 fully saturated rings. The molecular formula is C25H20FN3O3S. The zero-order valence-corrected chi connectivity index (χ0v) is 18.1. The molecule has 33 heavy (non-hydrogen) atoms. The average Bonchev–Trinajstić information content (AvgIpc) is 2.80. The molecule has 0 heterocycles. The van der Waals surface area contributed by atoms with Gasteiger partial charge < -0.3 is 10.6 Å². The topological polar surface area (TPSA) is 87.3 Å². The summed E-state index contributed by atoms with van der Waals surface area (Å²) in [5, 5.41) is 5.34. The SMILES string of the molecule is O=C(Nc1ccccc1)Nc1ccc(S(=O)(=O)Nc2cccc(-c3ccc(F)cc3)c2)cc1. The van der Waals surface area contributed by atoms with Gasteiger partial charge in [-0.15, -0.1) is 0 Å². The van der Waals surface area contributed by atoms with Crippen molar-refractivity contribution in [3.05, 3.63) is 109 Å². The molecule has 3 N–H and O–H groups in total. The highest BCUT2D eigenvalue weighted by Crippen LogP contribution is 2.25. The number of halogens is 1. The van der Waals surface area contributed by atoms with Crippen molar-refractivity contribution >= 4 is 33.1 Å². The van der Waals surface area contributed by atoms with Gasteiger partial charge in [0.2, 0.25) is 0 Å². The summed E-state index contributed by atoms with van der Waals surface area (Å²) in [4.78, 5) is 12.1. The van der Waals surface area contributed by atoms with Crippen molar-refractivity contribution in [1.82, 2.24) is 0 Å². The predicted octanol–water partition coefficient (Wildman–Crippen LogP) is 5.94. The van der Waals surface area contributed by atoms with E-state index < -0.39 is 16.1 Å². The number of hydrogen-bond acceptors (Lipinski definition) is 3. The maximum Gasteiger partial charge on any atom is 0.323 e. The largest absolute Gasteiger partial charge is 0.323 e. The second-order valence-electron chi connectivity index (χ2n) is 7.16. The monoisotopic (exact) mass is 461 g/mol. The molecule has 4 rings (SSSR count). The Hall–Kier alpha value is -4.17. The van der Waals surface area contributed by atoms with Crippen molar-refractivity contribution in [3.63, 3.8) is 0 Å². The van der Waals surface area contributed by atoms with Crippen molar-refractivity contribution in [3.8, 4) is 11.1 Å². The molecule has 0 unspecified atom stereocenters. The summed E-state index contributed by atoms with van der Waals surface area (Å²) in [6.07, 6.45) is 0. The predicted molar refractivity (Wildman–Crippen MR) is 128 cm³/mol. The van der Waals surface area contributed by atoms with E-state index in [4.69, 9.17) is 0 Å². The van der Waals surface area contributed by atoms with Gasteiger partial charge in [-0.25, -0.2) is 17.6 Å². The fourth-order valence-electron chi connectivity index (χ4n) is 3.15. The molecule has 0 aromatic heterocycles.